The van der Waals surface area contributed by atoms with E-state index >= 15 is 0 Å². The third-order valence-electron chi connectivity index (χ3n) is 2.75. The van der Waals surface area contributed by atoms with E-state index in [1.807, 2.05) is 36.4 Å². The Balaban J connectivity index is 2.15. The van der Waals surface area contributed by atoms with Gasteiger partial charge in [-0.3, -0.25) is 0 Å². The van der Waals surface area contributed by atoms with Crippen molar-refractivity contribution in [2.24, 2.45) is 5.73 Å². The highest BCUT2D eigenvalue weighted by molar-refractivity contribution is 6.35. The maximum Gasteiger partial charge on any atom is 0.0453 e. The number of rotatable bonds is 3. The van der Waals surface area contributed by atoms with Gasteiger partial charge in [0.25, 0.3) is 0 Å². The van der Waals surface area contributed by atoms with Crippen molar-refractivity contribution in [1.29, 1.82) is 0 Å². The van der Waals surface area contributed by atoms with Crippen LogP contribution in [0.2, 0.25) is 15.1 Å². The number of nitrogens with two attached hydrogens (primary N) is 1. The molecular formula is C14H12Cl3N. The van der Waals surface area contributed by atoms with Gasteiger partial charge in [0, 0.05) is 21.1 Å². The van der Waals surface area contributed by atoms with Gasteiger partial charge in [-0.2, -0.15) is 0 Å². The first-order valence-electron chi connectivity index (χ1n) is 5.51. The molecule has 2 N–H and O–H groups in total. The highest BCUT2D eigenvalue weighted by Crippen LogP contribution is 2.25. The second-order valence-electron chi connectivity index (χ2n) is 4.10. The summed E-state index contributed by atoms with van der Waals surface area (Å²) in [5.41, 5.74) is 8.17. The molecule has 2 aromatic carbocycles. The molecule has 0 heterocycles. The van der Waals surface area contributed by atoms with E-state index in [0.29, 0.717) is 21.5 Å². The fourth-order valence-electron chi connectivity index (χ4n) is 1.75. The Morgan fingerprint density at radius 2 is 1.50 bits per heavy atom. The molecule has 18 heavy (non-hydrogen) atoms. The molecule has 2 rings (SSSR count). The molecule has 0 aliphatic carbocycles. The van der Waals surface area contributed by atoms with Crippen LogP contribution in [-0.2, 0) is 6.42 Å². The van der Waals surface area contributed by atoms with E-state index < -0.39 is 0 Å². The first-order chi connectivity index (χ1) is 8.56. The van der Waals surface area contributed by atoms with Crippen molar-refractivity contribution < 1.29 is 0 Å². The molecule has 0 bridgehead atoms. The molecular weight excluding hydrogens is 289 g/mol. The van der Waals surface area contributed by atoms with Crippen LogP contribution in [0.4, 0.5) is 0 Å². The Morgan fingerprint density at radius 3 is 2.11 bits per heavy atom. The second kappa shape index (κ2) is 5.94. The second-order valence-corrected chi connectivity index (χ2v) is 5.38. The van der Waals surface area contributed by atoms with Crippen LogP contribution in [0.25, 0.3) is 0 Å². The van der Waals surface area contributed by atoms with E-state index in [0.717, 1.165) is 11.1 Å². The number of hydrogen-bond donors (Lipinski definition) is 1. The standard InChI is InChI=1S/C14H12Cl3N/c15-11-4-1-9(2-5-11)14(18)7-10-3-6-12(16)8-13(10)17/h1-6,8,14H,7,18H2. The van der Waals surface area contributed by atoms with E-state index in [1.54, 1.807) is 6.07 Å². The SMILES string of the molecule is NC(Cc1ccc(Cl)cc1Cl)c1ccc(Cl)cc1. The Bertz CT molecular complexity index is 537. The Labute approximate surface area is 121 Å². The molecule has 0 aliphatic rings. The molecule has 1 atom stereocenters. The van der Waals surface area contributed by atoms with E-state index in [4.69, 9.17) is 40.5 Å². The Morgan fingerprint density at radius 1 is 0.889 bits per heavy atom. The average Bonchev–Trinajstić information content (AvgIpc) is 2.33. The predicted molar refractivity (Wildman–Crippen MR) is 78.5 cm³/mol. The van der Waals surface area contributed by atoms with Crippen molar-refractivity contribution >= 4 is 34.8 Å². The highest BCUT2D eigenvalue weighted by atomic mass is 35.5. The fourth-order valence-corrected chi connectivity index (χ4v) is 2.36. The lowest BCUT2D eigenvalue weighted by molar-refractivity contribution is 0.722. The minimum atomic E-state index is -0.110. The summed E-state index contributed by atoms with van der Waals surface area (Å²) in [6, 6.07) is 12.9. The molecule has 0 fully saturated rings. The molecule has 0 spiro atoms. The normalized spacial score (nSPS) is 12.4. The number of halogens is 3. The molecule has 0 amide bonds. The van der Waals surface area contributed by atoms with Crippen LogP contribution in [-0.4, -0.2) is 0 Å². The molecule has 0 aromatic heterocycles. The molecule has 0 saturated heterocycles. The quantitative estimate of drug-likeness (QED) is 0.858. The van der Waals surface area contributed by atoms with Gasteiger partial charge in [-0.15, -0.1) is 0 Å². The maximum absolute atomic E-state index is 6.15. The summed E-state index contributed by atoms with van der Waals surface area (Å²) in [4.78, 5) is 0. The van der Waals surface area contributed by atoms with Gasteiger partial charge in [-0.25, -0.2) is 0 Å². The van der Waals surface area contributed by atoms with E-state index in [9.17, 15) is 0 Å². The summed E-state index contributed by atoms with van der Waals surface area (Å²) in [5, 5.41) is 1.98. The minimum Gasteiger partial charge on any atom is -0.324 e. The van der Waals surface area contributed by atoms with Gasteiger partial charge >= 0.3 is 0 Å². The van der Waals surface area contributed by atoms with Gasteiger partial charge in [-0.1, -0.05) is 53.0 Å². The zero-order chi connectivity index (χ0) is 13.1. The monoisotopic (exact) mass is 299 g/mol. The molecule has 1 unspecified atom stereocenters. The van der Waals surface area contributed by atoms with Crippen LogP contribution in [0.1, 0.15) is 17.2 Å². The maximum atomic E-state index is 6.15. The zero-order valence-corrected chi connectivity index (χ0v) is 11.8. The fraction of sp³-hybridized carbons (Fsp3) is 0.143. The van der Waals surface area contributed by atoms with Crippen LogP contribution in [0.5, 0.6) is 0 Å². The van der Waals surface area contributed by atoms with Crippen LogP contribution in [0.3, 0.4) is 0 Å². The van der Waals surface area contributed by atoms with Crippen molar-refractivity contribution in [3.8, 4) is 0 Å². The molecule has 0 aliphatic heterocycles. The summed E-state index contributed by atoms with van der Waals surface area (Å²) in [6.45, 7) is 0. The Hall–Kier alpha value is -0.730. The van der Waals surface area contributed by atoms with Crippen LogP contribution < -0.4 is 5.73 Å². The lowest BCUT2D eigenvalue weighted by Crippen LogP contribution is -2.13. The van der Waals surface area contributed by atoms with Crippen LogP contribution >= 0.6 is 34.8 Å². The number of benzene rings is 2. The molecule has 0 radical (unpaired) electrons. The van der Waals surface area contributed by atoms with E-state index in [-0.39, 0.29) is 6.04 Å². The van der Waals surface area contributed by atoms with Gasteiger partial charge in [-0.05, 0) is 41.8 Å². The summed E-state index contributed by atoms with van der Waals surface area (Å²) < 4.78 is 0. The van der Waals surface area contributed by atoms with E-state index in [1.165, 1.54) is 0 Å². The average molecular weight is 301 g/mol. The first-order valence-corrected chi connectivity index (χ1v) is 6.64. The third kappa shape index (κ3) is 3.39. The Kier molecular flexibility index (Phi) is 4.52. The van der Waals surface area contributed by atoms with E-state index in [2.05, 4.69) is 0 Å². The first kappa shape index (κ1) is 13.7. The van der Waals surface area contributed by atoms with Gasteiger partial charge in [0.1, 0.15) is 0 Å². The lowest BCUT2D eigenvalue weighted by Gasteiger charge is -2.13. The van der Waals surface area contributed by atoms with Gasteiger partial charge in [0.05, 0.1) is 0 Å². The summed E-state index contributed by atoms with van der Waals surface area (Å²) in [5.74, 6) is 0. The summed E-state index contributed by atoms with van der Waals surface area (Å²) >= 11 is 17.8. The predicted octanol–water partition coefficient (Wildman–Crippen LogP) is 4.89. The molecule has 2 aromatic rings. The molecule has 94 valence electrons. The molecule has 0 saturated carbocycles. The van der Waals surface area contributed by atoms with Gasteiger partial charge < -0.3 is 5.73 Å². The molecule has 4 heteroatoms. The highest BCUT2D eigenvalue weighted by Gasteiger charge is 2.09. The lowest BCUT2D eigenvalue weighted by atomic mass is 10.00. The van der Waals surface area contributed by atoms with Crippen molar-refractivity contribution in [2.45, 2.75) is 12.5 Å². The van der Waals surface area contributed by atoms with Crippen molar-refractivity contribution in [2.75, 3.05) is 0 Å². The largest absolute Gasteiger partial charge is 0.324 e. The summed E-state index contributed by atoms with van der Waals surface area (Å²) in [7, 11) is 0. The number of hydrogen-bond acceptors (Lipinski definition) is 1. The van der Waals surface area contributed by atoms with Crippen molar-refractivity contribution in [3.05, 3.63) is 68.7 Å². The van der Waals surface area contributed by atoms with Gasteiger partial charge in [0.2, 0.25) is 0 Å². The van der Waals surface area contributed by atoms with Crippen LogP contribution in [0.15, 0.2) is 42.5 Å². The smallest absolute Gasteiger partial charge is 0.0453 e. The van der Waals surface area contributed by atoms with Crippen LogP contribution in [0, 0.1) is 0 Å². The third-order valence-corrected chi connectivity index (χ3v) is 3.59. The van der Waals surface area contributed by atoms with Crippen molar-refractivity contribution in [1.82, 2.24) is 0 Å². The summed E-state index contributed by atoms with van der Waals surface area (Å²) in [6.07, 6.45) is 0.664. The molecule has 1 nitrogen and oxygen atoms in total. The van der Waals surface area contributed by atoms with Crippen molar-refractivity contribution in [3.63, 3.8) is 0 Å². The topological polar surface area (TPSA) is 26.0 Å². The minimum absolute atomic E-state index is 0.110. The van der Waals surface area contributed by atoms with Gasteiger partial charge in [0.15, 0.2) is 0 Å². The zero-order valence-electron chi connectivity index (χ0n) is 9.54.